The second-order valence-corrected chi connectivity index (χ2v) is 3.39. The molecule has 90 valence electrons. The Labute approximate surface area is 92.3 Å². The van der Waals surface area contributed by atoms with Crippen molar-refractivity contribution in [2.45, 2.75) is 32.6 Å². The van der Waals surface area contributed by atoms with Crippen LogP contribution in [0.4, 0.5) is 0 Å². The molecule has 0 bridgehead atoms. The first kappa shape index (κ1) is 14.3. The van der Waals surface area contributed by atoms with E-state index in [0.29, 0.717) is 12.8 Å². The fourth-order valence-electron chi connectivity index (χ4n) is 1.19. The van der Waals surface area contributed by atoms with Crippen LogP contribution in [0.1, 0.15) is 32.6 Å². The summed E-state index contributed by atoms with van der Waals surface area (Å²) < 4.78 is 0. The Kier molecular flexibility index (Phi) is 5.99. The summed E-state index contributed by atoms with van der Waals surface area (Å²) in [5, 5.41) is 17.0. The van der Waals surface area contributed by atoms with Crippen molar-refractivity contribution in [2.24, 2.45) is 5.92 Å². The van der Waals surface area contributed by atoms with Gasteiger partial charge in [0, 0.05) is 0 Å². The third-order valence-electron chi connectivity index (χ3n) is 2.05. The predicted octanol–water partition coefficient (Wildman–Crippen LogP) is 0.490. The minimum atomic E-state index is -1.43. The van der Waals surface area contributed by atoms with Crippen molar-refractivity contribution in [3.8, 4) is 0 Å². The Balaban J connectivity index is 4.54. The summed E-state index contributed by atoms with van der Waals surface area (Å²) >= 11 is 0. The molecule has 1 atom stereocenters. The monoisotopic (exact) mass is 230 g/mol. The van der Waals surface area contributed by atoms with E-state index in [0.717, 1.165) is 0 Å². The molecule has 0 aliphatic carbocycles. The number of rotatable bonds is 8. The van der Waals surface area contributed by atoms with Gasteiger partial charge in [0.1, 0.15) is 12.3 Å². The fraction of sp³-hybridized carbons (Fsp3) is 0.600. The molecule has 16 heavy (non-hydrogen) atoms. The van der Waals surface area contributed by atoms with E-state index in [1.165, 1.54) is 0 Å². The summed E-state index contributed by atoms with van der Waals surface area (Å²) in [5.41, 5.74) is 0. The average molecular weight is 230 g/mol. The lowest BCUT2D eigenvalue weighted by Crippen LogP contribution is -2.31. The van der Waals surface area contributed by atoms with Crippen LogP contribution in [-0.2, 0) is 19.2 Å². The normalized spacial score (nSPS) is 11.8. The SMILES string of the molecule is CCCCC(C(=O)O)C(=O)C(=O)CC(=O)O. The molecule has 6 nitrogen and oxygen atoms in total. The molecule has 0 rings (SSSR count). The van der Waals surface area contributed by atoms with Crippen LogP contribution in [0.15, 0.2) is 0 Å². The van der Waals surface area contributed by atoms with Gasteiger partial charge in [0.2, 0.25) is 11.6 Å². The van der Waals surface area contributed by atoms with Gasteiger partial charge in [0.25, 0.3) is 0 Å². The Morgan fingerprint density at radius 3 is 2.06 bits per heavy atom. The summed E-state index contributed by atoms with van der Waals surface area (Å²) in [6, 6.07) is 0. The van der Waals surface area contributed by atoms with Crippen LogP contribution < -0.4 is 0 Å². The second-order valence-electron chi connectivity index (χ2n) is 3.39. The molecule has 2 N–H and O–H groups in total. The quantitative estimate of drug-likeness (QED) is 0.464. The smallest absolute Gasteiger partial charge is 0.314 e. The first-order valence-electron chi connectivity index (χ1n) is 4.91. The molecule has 0 saturated heterocycles. The minimum absolute atomic E-state index is 0.0655. The van der Waals surface area contributed by atoms with Crippen molar-refractivity contribution in [3.05, 3.63) is 0 Å². The molecule has 0 saturated carbocycles. The number of carboxylic acids is 2. The van der Waals surface area contributed by atoms with E-state index in [-0.39, 0.29) is 6.42 Å². The van der Waals surface area contributed by atoms with Crippen molar-refractivity contribution in [1.82, 2.24) is 0 Å². The first-order valence-corrected chi connectivity index (χ1v) is 4.91. The number of carbonyl (C=O) groups is 4. The topological polar surface area (TPSA) is 109 Å². The van der Waals surface area contributed by atoms with Crippen LogP contribution in [0.3, 0.4) is 0 Å². The number of hydrogen-bond donors (Lipinski definition) is 2. The van der Waals surface area contributed by atoms with E-state index >= 15 is 0 Å². The third-order valence-corrected chi connectivity index (χ3v) is 2.05. The first-order chi connectivity index (χ1) is 7.40. The highest BCUT2D eigenvalue weighted by Crippen LogP contribution is 2.11. The van der Waals surface area contributed by atoms with Gasteiger partial charge in [-0.05, 0) is 6.42 Å². The Morgan fingerprint density at radius 1 is 1.12 bits per heavy atom. The number of ketones is 2. The maximum absolute atomic E-state index is 11.3. The molecule has 0 fully saturated rings. The molecule has 0 aromatic rings. The molecule has 0 aliphatic heterocycles. The van der Waals surface area contributed by atoms with Crippen molar-refractivity contribution in [1.29, 1.82) is 0 Å². The summed E-state index contributed by atoms with van der Waals surface area (Å²) in [7, 11) is 0. The van der Waals surface area contributed by atoms with Gasteiger partial charge in [-0.15, -0.1) is 0 Å². The lowest BCUT2D eigenvalue weighted by molar-refractivity contribution is -0.153. The Bertz CT molecular complexity index is 306. The van der Waals surface area contributed by atoms with E-state index in [4.69, 9.17) is 10.2 Å². The van der Waals surface area contributed by atoms with Crippen LogP contribution in [-0.4, -0.2) is 33.7 Å². The molecule has 0 aromatic carbocycles. The van der Waals surface area contributed by atoms with Gasteiger partial charge in [-0.2, -0.15) is 0 Å². The number of unbranched alkanes of at least 4 members (excludes halogenated alkanes) is 1. The molecule has 0 aliphatic rings. The highest BCUT2D eigenvalue weighted by Gasteiger charge is 2.31. The van der Waals surface area contributed by atoms with Crippen molar-refractivity contribution in [2.75, 3.05) is 0 Å². The molecule has 0 spiro atoms. The summed E-state index contributed by atoms with van der Waals surface area (Å²) in [5.74, 6) is -6.50. The van der Waals surface area contributed by atoms with Gasteiger partial charge in [0.15, 0.2) is 0 Å². The number of Topliss-reactive ketones (excluding diaryl/α,β-unsaturated/α-hetero) is 2. The highest BCUT2D eigenvalue weighted by atomic mass is 16.4. The average Bonchev–Trinajstić information content (AvgIpc) is 2.16. The molecule has 0 heterocycles. The van der Waals surface area contributed by atoms with E-state index in [1.54, 1.807) is 0 Å². The molecule has 0 amide bonds. The van der Waals surface area contributed by atoms with Crippen molar-refractivity contribution >= 4 is 23.5 Å². The van der Waals surface area contributed by atoms with E-state index in [1.807, 2.05) is 6.92 Å². The number of carbonyl (C=O) groups excluding carboxylic acids is 2. The van der Waals surface area contributed by atoms with E-state index in [2.05, 4.69) is 0 Å². The van der Waals surface area contributed by atoms with Crippen LogP contribution in [0.5, 0.6) is 0 Å². The molecule has 0 aromatic heterocycles. The molecular formula is C10H14O6. The summed E-state index contributed by atoms with van der Waals surface area (Å²) in [4.78, 5) is 43.3. The van der Waals surface area contributed by atoms with Gasteiger partial charge >= 0.3 is 11.9 Å². The fourth-order valence-corrected chi connectivity index (χ4v) is 1.19. The standard InChI is InChI=1S/C10H14O6/c1-2-3-4-6(10(15)16)9(14)7(11)5-8(12)13/h6H,2-5H2,1H3,(H,12,13)(H,15,16). The minimum Gasteiger partial charge on any atom is -0.481 e. The zero-order valence-electron chi connectivity index (χ0n) is 8.93. The van der Waals surface area contributed by atoms with Crippen molar-refractivity contribution in [3.63, 3.8) is 0 Å². The largest absolute Gasteiger partial charge is 0.481 e. The Hall–Kier alpha value is -1.72. The van der Waals surface area contributed by atoms with Gasteiger partial charge in [0.05, 0.1) is 0 Å². The van der Waals surface area contributed by atoms with Gasteiger partial charge in [-0.1, -0.05) is 19.8 Å². The second kappa shape index (κ2) is 6.71. The zero-order chi connectivity index (χ0) is 12.7. The lowest BCUT2D eigenvalue weighted by atomic mass is 9.94. The summed E-state index contributed by atoms with van der Waals surface area (Å²) in [6.45, 7) is 1.82. The zero-order valence-corrected chi connectivity index (χ0v) is 8.93. The summed E-state index contributed by atoms with van der Waals surface area (Å²) in [6.07, 6.45) is 0.317. The Morgan fingerprint density at radius 2 is 1.69 bits per heavy atom. The molecule has 1 unspecified atom stereocenters. The van der Waals surface area contributed by atoms with Crippen LogP contribution in [0.25, 0.3) is 0 Å². The van der Waals surface area contributed by atoms with Crippen LogP contribution in [0, 0.1) is 5.92 Å². The number of aliphatic carboxylic acids is 2. The third kappa shape index (κ3) is 4.68. The molecular weight excluding hydrogens is 216 g/mol. The number of hydrogen-bond acceptors (Lipinski definition) is 4. The van der Waals surface area contributed by atoms with Crippen molar-refractivity contribution < 1.29 is 29.4 Å². The maximum atomic E-state index is 11.3. The van der Waals surface area contributed by atoms with Crippen LogP contribution in [0.2, 0.25) is 0 Å². The van der Waals surface area contributed by atoms with E-state index < -0.39 is 35.8 Å². The van der Waals surface area contributed by atoms with Gasteiger partial charge < -0.3 is 10.2 Å². The number of carboxylic acid groups (broad SMARTS) is 2. The highest BCUT2D eigenvalue weighted by molar-refractivity contribution is 6.43. The van der Waals surface area contributed by atoms with Crippen LogP contribution >= 0.6 is 0 Å². The molecule has 6 heteroatoms. The van der Waals surface area contributed by atoms with E-state index in [9.17, 15) is 19.2 Å². The predicted molar refractivity (Wildman–Crippen MR) is 52.9 cm³/mol. The molecule has 0 radical (unpaired) electrons. The van der Waals surface area contributed by atoms with Gasteiger partial charge in [-0.3, -0.25) is 19.2 Å². The van der Waals surface area contributed by atoms with Gasteiger partial charge in [-0.25, -0.2) is 0 Å². The lowest BCUT2D eigenvalue weighted by Gasteiger charge is -2.08. The maximum Gasteiger partial charge on any atom is 0.314 e.